The van der Waals surface area contributed by atoms with Gasteiger partial charge in [-0.3, -0.25) is 37.3 Å². The molecule has 0 amide bonds. The van der Waals surface area contributed by atoms with Crippen LogP contribution < -0.4 is 0 Å². The molecule has 0 spiro atoms. The Balaban J connectivity index is 5.53. The average Bonchev–Trinajstić information content (AvgIpc) is 0.918. The fourth-order valence-electron chi connectivity index (χ4n) is 9.09. The Morgan fingerprint density at radius 3 is 0.837 bits per heavy atom. The Hall–Kier alpha value is -6.36. The standard InChI is InChI=1S/C85H132O17P2/c1-5-9-13-17-21-25-29-33-37-38-39-40-44-46-50-54-58-62-66-70-83(88)96-76-81(102-85(90)72-68-64-60-56-52-48-43-36-32-28-24-20-16-12-8-4)78-100-104(93,94)98-74-79(86)73-97-103(91,92)99-77-80(101-84(89)71-67-63-59-55-51-47-42-35-31-27-23-19-15-11-7-3)75-95-82(87)69-65-61-57-53-49-45-41-34-30-26-22-18-14-10-6-2/h9-16,21-28,33-37,39-43,46,49-50,52-53,56,61,65,79-81,86H,5-8,17-20,29-32,38,44-45,47-48,51,54-55,57-60,62-64,66-78H2,1-4H3,(H,91,92)(H,93,94)/b13-9-,14-10-,15-11-,16-12-,25-21-,26-22-,27-23-,28-24-,37-33-,40-39-,41-34-,42-35-,43-36-,50-46-,53-49-,56-52-,65-61-. The average molecular weight is 1490 g/mol. The molecule has 0 saturated carbocycles. The molecule has 0 bridgehead atoms. The van der Waals surface area contributed by atoms with Gasteiger partial charge in [0.05, 0.1) is 32.8 Å². The number of aliphatic hydroxyl groups excluding tert-OH is 1. The SMILES string of the molecule is CC/C=C\C/C=C\C/C=C\C/C=C\C/C=C\CCCCCC(=O)OCC(COP(=O)(O)OCC(O)COP(=O)(O)OCC(COC(=O)C/C=C\C/C=C\C/C=C\C/C=C\C/C=C\CC)OC(=O)CCCCCCC/C=C\C/C=C\C/C=C\CC)OC(=O)CCCC/C=C\C/C=C\C/C=C\C/C=C\CC. The summed E-state index contributed by atoms with van der Waals surface area (Å²) in [6.45, 7) is 4.14. The van der Waals surface area contributed by atoms with E-state index in [4.69, 9.17) is 37.0 Å². The van der Waals surface area contributed by atoms with Gasteiger partial charge in [-0.15, -0.1) is 0 Å². The second kappa shape index (κ2) is 74.9. The van der Waals surface area contributed by atoms with E-state index < -0.39 is 97.5 Å². The topological polar surface area (TPSA) is 237 Å². The lowest BCUT2D eigenvalue weighted by atomic mass is 10.1. The molecule has 19 heteroatoms. The summed E-state index contributed by atoms with van der Waals surface area (Å²) in [5.41, 5.74) is 0. The molecule has 0 radical (unpaired) electrons. The summed E-state index contributed by atoms with van der Waals surface area (Å²) < 4.78 is 68.3. The highest BCUT2D eigenvalue weighted by atomic mass is 31.2. The molecule has 5 unspecified atom stereocenters. The molecule has 584 valence electrons. The van der Waals surface area contributed by atoms with Gasteiger partial charge in [-0.25, -0.2) is 9.13 Å². The zero-order chi connectivity index (χ0) is 76.0. The number of unbranched alkanes of at least 4 members (excludes halogenated alkanes) is 10. The van der Waals surface area contributed by atoms with Gasteiger partial charge < -0.3 is 33.8 Å². The van der Waals surface area contributed by atoms with Gasteiger partial charge in [0.2, 0.25) is 0 Å². The first-order chi connectivity index (χ1) is 50.7. The Bertz CT molecular complexity index is 2790. The van der Waals surface area contributed by atoms with Crippen molar-refractivity contribution in [2.75, 3.05) is 39.6 Å². The number of phosphoric acid groups is 2. The zero-order valence-electron chi connectivity index (χ0n) is 63.6. The monoisotopic (exact) mass is 1490 g/mol. The van der Waals surface area contributed by atoms with Crippen LogP contribution in [0, 0.1) is 0 Å². The molecule has 0 aliphatic heterocycles. The fourth-order valence-corrected chi connectivity index (χ4v) is 10.7. The third kappa shape index (κ3) is 73.9. The van der Waals surface area contributed by atoms with Crippen LogP contribution in [-0.2, 0) is 65.4 Å². The Kier molecular flexibility index (Phi) is 70.3. The molecule has 0 fully saturated rings. The number of esters is 4. The number of aliphatic hydroxyl groups is 1. The first-order valence-electron chi connectivity index (χ1n) is 38.3. The van der Waals surface area contributed by atoms with Gasteiger partial charge in [0.1, 0.15) is 19.3 Å². The van der Waals surface area contributed by atoms with Gasteiger partial charge >= 0.3 is 39.5 Å². The van der Waals surface area contributed by atoms with Gasteiger partial charge in [-0.05, 0) is 167 Å². The second-order valence-corrected chi connectivity index (χ2v) is 27.3. The molecule has 0 saturated heterocycles. The van der Waals surface area contributed by atoms with E-state index in [0.717, 1.165) is 161 Å². The maximum Gasteiger partial charge on any atom is 0.472 e. The predicted molar refractivity (Wildman–Crippen MR) is 426 cm³/mol. The maximum absolute atomic E-state index is 13.1. The summed E-state index contributed by atoms with van der Waals surface area (Å²) >= 11 is 0. The molecule has 0 heterocycles. The van der Waals surface area contributed by atoms with Crippen molar-refractivity contribution < 1.29 is 80.2 Å². The van der Waals surface area contributed by atoms with Gasteiger partial charge in [-0.1, -0.05) is 260 Å². The van der Waals surface area contributed by atoms with Gasteiger partial charge in [0.25, 0.3) is 0 Å². The van der Waals surface area contributed by atoms with Crippen LogP contribution in [-0.4, -0.2) is 96.7 Å². The molecule has 0 aliphatic rings. The quantitative estimate of drug-likeness (QED) is 0.0169. The van der Waals surface area contributed by atoms with E-state index in [-0.39, 0.29) is 25.7 Å². The number of carbonyl (C=O) groups is 4. The van der Waals surface area contributed by atoms with E-state index in [1.807, 2.05) is 18.2 Å². The smallest absolute Gasteiger partial charge is 0.462 e. The van der Waals surface area contributed by atoms with Crippen LogP contribution in [0.15, 0.2) is 207 Å². The van der Waals surface area contributed by atoms with E-state index in [0.29, 0.717) is 32.1 Å². The minimum Gasteiger partial charge on any atom is -0.462 e. The van der Waals surface area contributed by atoms with Gasteiger partial charge in [0.15, 0.2) is 12.2 Å². The van der Waals surface area contributed by atoms with Crippen LogP contribution >= 0.6 is 15.6 Å². The number of hydrogen-bond donors (Lipinski definition) is 3. The van der Waals surface area contributed by atoms with Crippen LogP contribution in [0.25, 0.3) is 0 Å². The summed E-state index contributed by atoms with van der Waals surface area (Å²) in [4.78, 5) is 72.9. The second-order valence-electron chi connectivity index (χ2n) is 24.4. The maximum atomic E-state index is 13.1. The highest BCUT2D eigenvalue weighted by Crippen LogP contribution is 2.45. The van der Waals surface area contributed by atoms with Crippen molar-refractivity contribution in [3.8, 4) is 0 Å². The number of hydrogen-bond acceptors (Lipinski definition) is 15. The summed E-state index contributed by atoms with van der Waals surface area (Å²) in [7, 11) is -10.0. The number of allylic oxidation sites excluding steroid dienone is 33. The van der Waals surface area contributed by atoms with E-state index in [2.05, 4.69) is 210 Å². The van der Waals surface area contributed by atoms with Crippen molar-refractivity contribution in [1.82, 2.24) is 0 Å². The highest BCUT2D eigenvalue weighted by Gasteiger charge is 2.30. The van der Waals surface area contributed by atoms with E-state index in [1.165, 1.54) is 0 Å². The molecule has 5 atom stereocenters. The minimum atomic E-state index is -5.02. The van der Waals surface area contributed by atoms with Crippen molar-refractivity contribution in [3.63, 3.8) is 0 Å². The molecule has 17 nitrogen and oxygen atoms in total. The molecule has 0 rings (SSSR count). The molecule has 0 aromatic rings. The van der Waals surface area contributed by atoms with E-state index >= 15 is 0 Å². The predicted octanol–water partition coefficient (Wildman–Crippen LogP) is 22.3. The lowest BCUT2D eigenvalue weighted by molar-refractivity contribution is -0.161. The van der Waals surface area contributed by atoms with Crippen molar-refractivity contribution in [2.45, 2.75) is 264 Å². The molecule has 0 aliphatic carbocycles. The number of rotatable bonds is 69. The number of phosphoric ester groups is 2. The van der Waals surface area contributed by atoms with Crippen LogP contribution in [0.5, 0.6) is 0 Å². The number of carbonyl (C=O) groups excluding carboxylic acids is 4. The van der Waals surface area contributed by atoms with E-state index in [9.17, 15) is 43.2 Å². The van der Waals surface area contributed by atoms with Crippen LogP contribution in [0.4, 0.5) is 0 Å². The Morgan fingerprint density at radius 1 is 0.279 bits per heavy atom. The van der Waals surface area contributed by atoms with Gasteiger partial charge in [0, 0.05) is 19.3 Å². The third-order valence-corrected chi connectivity index (χ3v) is 16.7. The number of ether oxygens (including phenoxy) is 4. The first kappa shape index (κ1) is 97.6. The molecular weight excluding hydrogens is 1350 g/mol. The summed E-state index contributed by atoms with van der Waals surface area (Å²) in [6, 6.07) is 0. The van der Waals surface area contributed by atoms with Crippen LogP contribution in [0.3, 0.4) is 0 Å². The summed E-state index contributed by atoms with van der Waals surface area (Å²) in [5.74, 6) is -2.46. The van der Waals surface area contributed by atoms with Gasteiger partial charge in [-0.2, -0.15) is 0 Å². The lowest BCUT2D eigenvalue weighted by Gasteiger charge is -2.21. The first-order valence-corrected chi connectivity index (χ1v) is 41.3. The zero-order valence-corrected chi connectivity index (χ0v) is 65.4. The molecule has 0 aromatic heterocycles. The van der Waals surface area contributed by atoms with Crippen molar-refractivity contribution in [2.24, 2.45) is 0 Å². The Labute approximate surface area is 627 Å². The minimum absolute atomic E-state index is 0.0233. The van der Waals surface area contributed by atoms with Crippen molar-refractivity contribution in [3.05, 3.63) is 207 Å². The Morgan fingerprint density at radius 2 is 0.510 bits per heavy atom. The van der Waals surface area contributed by atoms with Crippen LogP contribution in [0.1, 0.15) is 246 Å². The largest absolute Gasteiger partial charge is 0.472 e. The van der Waals surface area contributed by atoms with Crippen molar-refractivity contribution >= 4 is 39.5 Å². The summed E-state index contributed by atoms with van der Waals surface area (Å²) in [5, 5.41) is 10.6. The van der Waals surface area contributed by atoms with E-state index in [1.54, 1.807) is 6.08 Å². The fraction of sp³-hybridized carbons (Fsp3) is 0.553. The highest BCUT2D eigenvalue weighted by molar-refractivity contribution is 7.47. The lowest BCUT2D eigenvalue weighted by Crippen LogP contribution is -2.30. The molecule has 3 N–H and O–H groups in total. The molecule has 0 aromatic carbocycles. The normalized spacial score (nSPS) is 15.0. The van der Waals surface area contributed by atoms with Crippen molar-refractivity contribution in [1.29, 1.82) is 0 Å². The molecule has 104 heavy (non-hydrogen) atoms. The molecular formula is C85H132O17P2. The summed E-state index contributed by atoms with van der Waals surface area (Å²) in [6.07, 6.45) is 92.8. The third-order valence-electron chi connectivity index (χ3n) is 14.8. The van der Waals surface area contributed by atoms with Crippen LogP contribution in [0.2, 0.25) is 0 Å².